The van der Waals surface area contributed by atoms with Gasteiger partial charge in [0.1, 0.15) is 12.2 Å². The second-order valence-corrected chi connectivity index (χ2v) is 11.0. The fourth-order valence-electron chi connectivity index (χ4n) is 4.69. The van der Waals surface area contributed by atoms with E-state index in [-0.39, 0.29) is 30.6 Å². The molecule has 208 valence electrons. The molecule has 3 unspecified atom stereocenters. The van der Waals surface area contributed by atoms with E-state index < -0.39 is 49.0 Å². The predicted molar refractivity (Wildman–Crippen MR) is 132 cm³/mol. The first-order valence-electron chi connectivity index (χ1n) is 13.1. The molecule has 0 aromatic heterocycles. The molecule has 0 aromatic carbocycles. The monoisotopic (exact) mass is 529 g/mol. The number of halogens is 4. The number of nitrogens with one attached hydrogen (secondary N) is 1. The number of esters is 1. The number of alkyl halides is 4. The van der Waals surface area contributed by atoms with E-state index in [4.69, 9.17) is 9.47 Å². The minimum atomic E-state index is -3.16. The van der Waals surface area contributed by atoms with Crippen LogP contribution >= 0.6 is 0 Å². The molecule has 9 heteroatoms. The van der Waals surface area contributed by atoms with Crippen LogP contribution in [0.5, 0.6) is 0 Å². The van der Waals surface area contributed by atoms with Crippen molar-refractivity contribution in [3.63, 3.8) is 0 Å². The third-order valence-corrected chi connectivity index (χ3v) is 6.61. The van der Waals surface area contributed by atoms with Crippen molar-refractivity contribution in [2.24, 2.45) is 11.3 Å². The molecule has 37 heavy (non-hydrogen) atoms. The molecule has 2 rings (SSSR count). The summed E-state index contributed by atoms with van der Waals surface area (Å²) in [4.78, 5) is 24.4. The molecule has 0 bridgehead atoms. The first-order valence-corrected chi connectivity index (χ1v) is 13.1. The lowest BCUT2D eigenvalue weighted by atomic mass is 9.79. The lowest BCUT2D eigenvalue weighted by molar-refractivity contribution is -0.151. The van der Waals surface area contributed by atoms with E-state index in [1.807, 2.05) is 32.6 Å². The zero-order valence-electron chi connectivity index (χ0n) is 22.1. The van der Waals surface area contributed by atoms with Crippen molar-refractivity contribution in [3.8, 4) is 23.7 Å². The molecule has 0 saturated heterocycles. The number of carbonyl (C=O) groups excluding carboxylic acids is 2. The quantitative estimate of drug-likeness (QED) is 0.196. The fraction of sp³-hybridized carbons (Fsp3) is 0.786. The van der Waals surface area contributed by atoms with Crippen LogP contribution in [0, 0.1) is 35.0 Å². The number of alkyl carbamates (subject to hydrolysis) is 1. The van der Waals surface area contributed by atoms with Crippen LogP contribution in [0.2, 0.25) is 0 Å². The molecule has 2 aliphatic rings. The summed E-state index contributed by atoms with van der Waals surface area (Å²) in [5.41, 5.74) is -0.177. The van der Waals surface area contributed by atoms with E-state index in [2.05, 4.69) is 17.2 Å². The SMILES string of the molecule is CC(CCNC(=O)OC1CCCC#CC(F)(F)C1)CC(C)(C)CCC(=O)OC1CCC#CC(F)(F)CC1. The largest absolute Gasteiger partial charge is 0.462 e. The van der Waals surface area contributed by atoms with Gasteiger partial charge in [0.25, 0.3) is 0 Å². The van der Waals surface area contributed by atoms with E-state index in [1.54, 1.807) is 0 Å². The molecule has 0 fully saturated rings. The van der Waals surface area contributed by atoms with E-state index in [1.165, 1.54) is 0 Å². The van der Waals surface area contributed by atoms with Crippen molar-refractivity contribution >= 4 is 12.1 Å². The fourth-order valence-corrected chi connectivity index (χ4v) is 4.69. The van der Waals surface area contributed by atoms with Crippen molar-refractivity contribution < 1.29 is 36.6 Å². The number of amides is 1. The molecule has 5 nitrogen and oxygen atoms in total. The van der Waals surface area contributed by atoms with Gasteiger partial charge in [-0.25, -0.2) is 4.79 Å². The summed E-state index contributed by atoms with van der Waals surface area (Å²) >= 11 is 0. The molecule has 0 radical (unpaired) electrons. The third kappa shape index (κ3) is 13.1. The number of ether oxygens (including phenoxy) is 2. The minimum absolute atomic E-state index is 0.0978. The Morgan fingerprint density at radius 2 is 1.70 bits per heavy atom. The summed E-state index contributed by atoms with van der Waals surface area (Å²) in [5, 5.41) is 2.64. The van der Waals surface area contributed by atoms with Gasteiger partial charge >= 0.3 is 23.9 Å². The smallest absolute Gasteiger partial charge is 0.407 e. The lowest BCUT2D eigenvalue weighted by Crippen LogP contribution is -2.34. The summed E-state index contributed by atoms with van der Waals surface area (Å²) < 4.78 is 65.1. The van der Waals surface area contributed by atoms with Crippen molar-refractivity contribution in [1.29, 1.82) is 0 Å². The zero-order chi connectivity index (χ0) is 27.5. The van der Waals surface area contributed by atoms with Crippen LogP contribution in [0.3, 0.4) is 0 Å². The van der Waals surface area contributed by atoms with Gasteiger partial charge in [0.15, 0.2) is 0 Å². The van der Waals surface area contributed by atoms with Gasteiger partial charge in [-0.2, -0.15) is 17.6 Å². The number of hydrogen-bond acceptors (Lipinski definition) is 4. The van der Waals surface area contributed by atoms with E-state index in [0.29, 0.717) is 45.1 Å². The molecule has 0 saturated carbocycles. The topological polar surface area (TPSA) is 64.6 Å². The zero-order valence-corrected chi connectivity index (χ0v) is 22.1. The van der Waals surface area contributed by atoms with Gasteiger partial charge in [0, 0.05) is 32.2 Å². The molecular weight excluding hydrogens is 490 g/mol. The standard InChI is InChI=1S/C28H39F4NO4/c1-21(13-18-33-25(35)37-23-10-5-4-7-15-28(31,32)20-23)19-26(2,3)16-12-24(34)36-22-9-6-8-14-27(29,30)17-11-22/h21-23H,4-6,9-13,16-20H2,1-3H3,(H,33,35). The van der Waals surface area contributed by atoms with E-state index in [9.17, 15) is 27.2 Å². The Labute approximate surface area is 217 Å². The van der Waals surface area contributed by atoms with Gasteiger partial charge in [-0.3, -0.25) is 4.79 Å². The van der Waals surface area contributed by atoms with Crippen LogP contribution in [0.15, 0.2) is 0 Å². The van der Waals surface area contributed by atoms with Crippen LogP contribution in [-0.4, -0.2) is 42.7 Å². The summed E-state index contributed by atoms with van der Waals surface area (Å²) in [6.45, 7) is 6.47. The number of rotatable bonds is 10. The molecule has 2 aliphatic carbocycles. The van der Waals surface area contributed by atoms with Crippen LogP contribution in [0.1, 0.15) is 97.8 Å². The Morgan fingerprint density at radius 3 is 2.46 bits per heavy atom. The summed E-state index contributed by atoms with van der Waals surface area (Å²) in [5.74, 6) is 2.43. The predicted octanol–water partition coefficient (Wildman–Crippen LogP) is 6.64. The third-order valence-electron chi connectivity index (χ3n) is 6.61. The Morgan fingerprint density at radius 1 is 1.00 bits per heavy atom. The average molecular weight is 530 g/mol. The summed E-state index contributed by atoms with van der Waals surface area (Å²) in [6, 6.07) is 0. The highest BCUT2D eigenvalue weighted by Crippen LogP contribution is 2.32. The molecular formula is C28H39F4NO4. The van der Waals surface area contributed by atoms with Gasteiger partial charge in [-0.15, -0.1) is 0 Å². The summed E-state index contributed by atoms with van der Waals surface area (Å²) in [7, 11) is 0. The Hall–Kier alpha value is -2.42. The average Bonchev–Trinajstić information content (AvgIpc) is 2.75. The van der Waals surface area contributed by atoms with Crippen molar-refractivity contribution in [3.05, 3.63) is 0 Å². The van der Waals surface area contributed by atoms with Crippen molar-refractivity contribution in [1.82, 2.24) is 5.32 Å². The Kier molecular flexibility index (Phi) is 11.6. The Balaban J connectivity index is 1.66. The van der Waals surface area contributed by atoms with E-state index in [0.717, 1.165) is 6.42 Å². The molecule has 3 atom stereocenters. The molecule has 1 amide bonds. The van der Waals surface area contributed by atoms with Crippen molar-refractivity contribution in [2.75, 3.05) is 6.54 Å². The van der Waals surface area contributed by atoms with Gasteiger partial charge in [-0.05, 0) is 68.1 Å². The molecule has 1 N–H and O–H groups in total. The van der Waals surface area contributed by atoms with Crippen LogP contribution in [0.25, 0.3) is 0 Å². The summed E-state index contributed by atoms with van der Waals surface area (Å²) in [6.07, 6.45) is 1.24. The Bertz CT molecular complexity index is 897. The van der Waals surface area contributed by atoms with Gasteiger partial charge in [0.05, 0.1) is 6.42 Å². The maximum absolute atomic E-state index is 13.7. The van der Waals surface area contributed by atoms with Crippen molar-refractivity contribution in [2.45, 2.75) is 122 Å². The molecule has 0 aliphatic heterocycles. The first kappa shape index (κ1) is 30.8. The molecule has 0 heterocycles. The normalized spacial score (nSPS) is 23.8. The lowest BCUT2D eigenvalue weighted by Gasteiger charge is -2.28. The highest BCUT2D eigenvalue weighted by Gasteiger charge is 2.33. The van der Waals surface area contributed by atoms with E-state index >= 15 is 0 Å². The second-order valence-electron chi connectivity index (χ2n) is 11.0. The van der Waals surface area contributed by atoms with Gasteiger partial charge in [0.2, 0.25) is 0 Å². The highest BCUT2D eigenvalue weighted by atomic mass is 19.3. The minimum Gasteiger partial charge on any atom is -0.462 e. The van der Waals surface area contributed by atoms with Crippen LogP contribution < -0.4 is 5.32 Å². The maximum atomic E-state index is 13.7. The molecule has 0 spiro atoms. The van der Waals surface area contributed by atoms with Crippen LogP contribution in [-0.2, 0) is 14.3 Å². The van der Waals surface area contributed by atoms with Crippen LogP contribution in [0.4, 0.5) is 22.4 Å². The maximum Gasteiger partial charge on any atom is 0.407 e. The highest BCUT2D eigenvalue weighted by molar-refractivity contribution is 5.69. The first-order chi connectivity index (χ1) is 17.3. The molecule has 0 aromatic rings. The second kappa shape index (κ2) is 13.9. The number of hydrogen-bond donors (Lipinski definition) is 1. The van der Waals surface area contributed by atoms with Gasteiger partial charge < -0.3 is 14.8 Å². The van der Waals surface area contributed by atoms with Gasteiger partial charge in [-0.1, -0.05) is 32.6 Å². The number of carbonyl (C=O) groups is 2.